The minimum atomic E-state index is -0.429. The van der Waals surface area contributed by atoms with Crippen LogP contribution in [0.3, 0.4) is 0 Å². The number of carbonyl (C=O) groups is 2. The molecule has 0 aliphatic carbocycles. The first-order chi connectivity index (χ1) is 11.4. The van der Waals surface area contributed by atoms with E-state index in [1.807, 2.05) is 30.5 Å². The van der Waals surface area contributed by atoms with Gasteiger partial charge in [0, 0.05) is 16.4 Å². The molecule has 0 aromatic heterocycles. The van der Waals surface area contributed by atoms with Crippen molar-refractivity contribution in [2.75, 3.05) is 25.2 Å². The zero-order valence-corrected chi connectivity index (χ0v) is 15.6. The highest BCUT2D eigenvalue weighted by atomic mass is 79.9. The molecule has 0 fully saturated rings. The lowest BCUT2D eigenvalue weighted by Gasteiger charge is -2.18. The van der Waals surface area contributed by atoms with Gasteiger partial charge in [-0.2, -0.15) is 0 Å². The lowest BCUT2D eigenvalue weighted by molar-refractivity contribution is -0.116. The number of rotatable bonds is 5. The first-order valence-electron chi connectivity index (χ1n) is 7.09. The highest BCUT2D eigenvalue weighted by molar-refractivity contribution is 9.10. The van der Waals surface area contributed by atoms with E-state index in [0.29, 0.717) is 10.2 Å². The minimum absolute atomic E-state index is 0.118. The van der Waals surface area contributed by atoms with Crippen LogP contribution in [-0.4, -0.2) is 41.7 Å². The molecule has 2 N–H and O–H groups in total. The highest BCUT2D eigenvalue weighted by Gasteiger charge is 2.19. The predicted octanol–water partition coefficient (Wildman–Crippen LogP) is 3.59. The Kier molecular flexibility index (Phi) is 6.28. The number of likely N-dealkylation sites (N-methyl/N-ethyl adjacent to an activating group) is 1. The van der Waals surface area contributed by atoms with Crippen molar-refractivity contribution >= 4 is 45.2 Å². The van der Waals surface area contributed by atoms with Gasteiger partial charge in [-0.05, 0) is 36.6 Å². The molecular formula is C17H17BrN2O3S. The lowest BCUT2D eigenvalue weighted by atomic mass is 10.2. The number of carbonyl (C=O) groups excluding carboxylic acids is 2. The predicted molar refractivity (Wildman–Crippen MR) is 99.6 cm³/mol. The molecule has 0 unspecified atom stereocenters. The summed E-state index contributed by atoms with van der Waals surface area (Å²) in [7, 11) is 1.52. The number of aromatic hydroxyl groups is 1. The lowest BCUT2D eigenvalue weighted by Crippen LogP contribution is -2.35. The summed E-state index contributed by atoms with van der Waals surface area (Å²) in [5.41, 5.74) is 0.852. The topological polar surface area (TPSA) is 69.6 Å². The van der Waals surface area contributed by atoms with Crippen LogP contribution in [0.4, 0.5) is 5.69 Å². The number of para-hydroxylation sites is 1. The van der Waals surface area contributed by atoms with Gasteiger partial charge in [0.1, 0.15) is 5.75 Å². The molecular weight excluding hydrogens is 392 g/mol. The van der Waals surface area contributed by atoms with E-state index in [-0.39, 0.29) is 23.8 Å². The van der Waals surface area contributed by atoms with Gasteiger partial charge in [-0.25, -0.2) is 0 Å². The summed E-state index contributed by atoms with van der Waals surface area (Å²) < 4.78 is 0.676. The summed E-state index contributed by atoms with van der Waals surface area (Å²) >= 11 is 4.79. The first kappa shape index (κ1) is 18.4. The van der Waals surface area contributed by atoms with E-state index in [4.69, 9.17) is 0 Å². The molecule has 0 radical (unpaired) electrons. The van der Waals surface area contributed by atoms with Gasteiger partial charge in [0.05, 0.1) is 17.8 Å². The quantitative estimate of drug-likeness (QED) is 0.741. The number of thioether (sulfide) groups is 1. The van der Waals surface area contributed by atoms with Gasteiger partial charge in [0.15, 0.2) is 0 Å². The molecule has 7 heteroatoms. The van der Waals surface area contributed by atoms with E-state index in [9.17, 15) is 14.7 Å². The molecule has 0 heterocycles. The van der Waals surface area contributed by atoms with Gasteiger partial charge in [-0.15, -0.1) is 11.8 Å². The number of phenols is 1. The first-order valence-corrected chi connectivity index (χ1v) is 9.11. The summed E-state index contributed by atoms with van der Waals surface area (Å²) in [6.07, 6.45) is 1.93. The number of benzene rings is 2. The highest BCUT2D eigenvalue weighted by Crippen LogP contribution is 2.25. The van der Waals surface area contributed by atoms with Crippen molar-refractivity contribution in [2.45, 2.75) is 4.90 Å². The van der Waals surface area contributed by atoms with E-state index < -0.39 is 5.91 Å². The Morgan fingerprint density at radius 3 is 2.67 bits per heavy atom. The smallest absolute Gasteiger partial charge is 0.257 e. The molecule has 2 aromatic rings. The van der Waals surface area contributed by atoms with Gasteiger partial charge >= 0.3 is 0 Å². The molecule has 2 amide bonds. The Morgan fingerprint density at radius 1 is 1.25 bits per heavy atom. The van der Waals surface area contributed by atoms with Crippen LogP contribution in [0.2, 0.25) is 0 Å². The number of phenolic OH excluding ortho intramolecular Hbond substituents is 1. The van der Waals surface area contributed by atoms with Crippen molar-refractivity contribution in [1.82, 2.24) is 4.90 Å². The second kappa shape index (κ2) is 8.21. The molecule has 0 saturated heterocycles. The second-order valence-corrected chi connectivity index (χ2v) is 6.83. The minimum Gasteiger partial charge on any atom is -0.507 e. The van der Waals surface area contributed by atoms with E-state index in [0.717, 1.165) is 4.90 Å². The van der Waals surface area contributed by atoms with Crippen molar-refractivity contribution in [3.05, 3.63) is 52.5 Å². The van der Waals surface area contributed by atoms with Crippen molar-refractivity contribution in [3.8, 4) is 5.75 Å². The number of halogens is 1. The largest absolute Gasteiger partial charge is 0.507 e. The van der Waals surface area contributed by atoms with Gasteiger partial charge in [-0.1, -0.05) is 28.1 Å². The molecule has 5 nitrogen and oxygen atoms in total. The standard InChI is InChI=1S/C17H17BrN2O3S/c1-20(17(23)12-9-11(18)7-8-14(12)21)10-16(22)19-13-5-3-4-6-15(13)24-2/h3-9,21H,10H2,1-2H3,(H,19,22). The van der Waals surface area contributed by atoms with E-state index >= 15 is 0 Å². The van der Waals surface area contributed by atoms with Crippen molar-refractivity contribution in [2.24, 2.45) is 0 Å². The third kappa shape index (κ3) is 4.52. The number of nitrogens with one attached hydrogen (secondary N) is 1. The van der Waals surface area contributed by atoms with Crippen molar-refractivity contribution < 1.29 is 14.7 Å². The molecule has 0 atom stereocenters. The maximum absolute atomic E-state index is 12.4. The molecule has 0 aliphatic rings. The molecule has 24 heavy (non-hydrogen) atoms. The third-order valence-electron chi connectivity index (χ3n) is 3.30. The molecule has 0 spiro atoms. The van der Waals surface area contributed by atoms with E-state index in [2.05, 4.69) is 21.2 Å². The van der Waals surface area contributed by atoms with Crippen LogP contribution < -0.4 is 5.32 Å². The van der Waals surface area contributed by atoms with Gasteiger partial charge in [-0.3, -0.25) is 9.59 Å². The summed E-state index contributed by atoms with van der Waals surface area (Å²) in [6.45, 7) is -0.118. The van der Waals surface area contributed by atoms with Crippen molar-refractivity contribution in [3.63, 3.8) is 0 Å². The summed E-state index contributed by atoms with van der Waals surface area (Å²) in [5, 5.41) is 12.6. The fraction of sp³-hybridized carbons (Fsp3) is 0.176. The van der Waals surface area contributed by atoms with Crippen LogP contribution in [0, 0.1) is 0 Å². The van der Waals surface area contributed by atoms with Gasteiger partial charge < -0.3 is 15.3 Å². The third-order valence-corrected chi connectivity index (χ3v) is 4.59. The maximum Gasteiger partial charge on any atom is 0.257 e. The molecule has 0 bridgehead atoms. The number of anilines is 1. The molecule has 2 rings (SSSR count). The van der Waals surface area contributed by atoms with E-state index in [1.54, 1.807) is 6.07 Å². The molecule has 0 aliphatic heterocycles. The SMILES string of the molecule is CSc1ccccc1NC(=O)CN(C)C(=O)c1cc(Br)ccc1O. The summed E-state index contributed by atoms with van der Waals surface area (Å²) in [5.74, 6) is -0.855. The average molecular weight is 409 g/mol. The normalized spacial score (nSPS) is 10.3. The Labute approximate surface area is 153 Å². The van der Waals surface area contributed by atoms with Crippen molar-refractivity contribution in [1.29, 1.82) is 0 Å². The van der Waals surface area contributed by atoms with E-state index in [1.165, 1.54) is 35.8 Å². The summed E-state index contributed by atoms with van der Waals surface area (Å²) in [6, 6.07) is 12.0. The van der Waals surface area contributed by atoms with Crippen LogP contribution in [0.5, 0.6) is 5.75 Å². The van der Waals surface area contributed by atoms with Crippen LogP contribution in [0.1, 0.15) is 10.4 Å². The zero-order chi connectivity index (χ0) is 17.7. The Hall–Kier alpha value is -1.99. The molecule has 2 aromatic carbocycles. The maximum atomic E-state index is 12.4. The zero-order valence-electron chi connectivity index (χ0n) is 13.2. The number of nitrogens with zero attached hydrogens (tertiary/aromatic N) is 1. The molecule has 0 saturated carbocycles. The fourth-order valence-electron chi connectivity index (χ4n) is 2.11. The summed E-state index contributed by atoms with van der Waals surface area (Å²) in [4.78, 5) is 26.8. The average Bonchev–Trinajstić information content (AvgIpc) is 2.56. The van der Waals surface area contributed by atoms with Crippen LogP contribution in [0.15, 0.2) is 51.8 Å². The molecule has 126 valence electrons. The number of amides is 2. The number of hydrogen-bond donors (Lipinski definition) is 2. The van der Waals surface area contributed by atoms with Crippen LogP contribution >= 0.6 is 27.7 Å². The van der Waals surface area contributed by atoms with Crippen LogP contribution in [-0.2, 0) is 4.79 Å². The second-order valence-electron chi connectivity index (χ2n) is 5.07. The monoisotopic (exact) mass is 408 g/mol. The Morgan fingerprint density at radius 2 is 1.96 bits per heavy atom. The van der Waals surface area contributed by atoms with Gasteiger partial charge in [0.2, 0.25) is 5.91 Å². The number of hydrogen-bond acceptors (Lipinski definition) is 4. The fourth-order valence-corrected chi connectivity index (χ4v) is 3.02. The Balaban J connectivity index is 2.06. The van der Waals surface area contributed by atoms with Gasteiger partial charge in [0.25, 0.3) is 5.91 Å². The Bertz CT molecular complexity index is 767. The van der Waals surface area contributed by atoms with Crippen LogP contribution in [0.25, 0.3) is 0 Å².